The topological polar surface area (TPSA) is 12.0 Å². The van der Waals surface area contributed by atoms with Crippen LogP contribution in [0.1, 0.15) is 13.3 Å². The maximum atomic E-state index is 3.40. The van der Waals surface area contributed by atoms with Gasteiger partial charge in [0, 0.05) is 16.7 Å². The van der Waals surface area contributed by atoms with Crippen LogP contribution in [0.25, 0.3) is 0 Å². The Morgan fingerprint density at radius 2 is 2.20 bits per heavy atom. The van der Waals surface area contributed by atoms with Gasteiger partial charge >= 0.3 is 0 Å². The molecule has 0 radical (unpaired) electrons. The Bertz CT molecular complexity index is 53.6. The Labute approximate surface area is 81.9 Å². The van der Waals surface area contributed by atoms with Crippen molar-refractivity contribution >= 4 is 34.4 Å². The van der Waals surface area contributed by atoms with E-state index in [-0.39, 0.29) is 0 Å². The van der Waals surface area contributed by atoms with Gasteiger partial charge in [-0.05, 0) is 18.7 Å². The van der Waals surface area contributed by atoms with Gasteiger partial charge in [0.05, 0.1) is 0 Å². The molecule has 0 amide bonds. The van der Waals surface area contributed by atoms with Crippen molar-refractivity contribution in [1.82, 2.24) is 5.32 Å². The van der Waals surface area contributed by atoms with Crippen molar-refractivity contribution in [1.29, 1.82) is 0 Å². The molecule has 1 N–H and O–H groups in total. The van der Waals surface area contributed by atoms with Gasteiger partial charge in [0.25, 0.3) is 0 Å². The molecule has 62 valence electrons. The quantitative estimate of drug-likeness (QED) is 0.433. The molecule has 0 aliphatic heterocycles. The number of hydrogen-bond donors (Lipinski definition) is 1. The van der Waals surface area contributed by atoms with E-state index >= 15 is 0 Å². The van der Waals surface area contributed by atoms with Crippen molar-refractivity contribution in [2.45, 2.75) is 13.3 Å². The summed E-state index contributed by atoms with van der Waals surface area (Å²) in [6.45, 7) is 4.57. The summed E-state index contributed by atoms with van der Waals surface area (Å²) in [4.78, 5) is 0. The molecule has 3 heteroatoms. The van der Waals surface area contributed by atoms with E-state index in [1.54, 1.807) is 0 Å². The van der Waals surface area contributed by atoms with Crippen molar-refractivity contribution in [2.24, 2.45) is 0 Å². The first-order valence-electron chi connectivity index (χ1n) is 3.76. The van der Waals surface area contributed by atoms with Crippen molar-refractivity contribution in [3.05, 3.63) is 0 Å². The summed E-state index contributed by atoms with van der Waals surface area (Å²) in [5.41, 5.74) is 0. The summed E-state index contributed by atoms with van der Waals surface area (Å²) >= 11 is 4.41. The van der Waals surface area contributed by atoms with Crippen molar-refractivity contribution in [3.8, 4) is 0 Å². The van der Waals surface area contributed by atoms with Crippen molar-refractivity contribution in [2.75, 3.05) is 29.0 Å². The van der Waals surface area contributed by atoms with Gasteiger partial charge < -0.3 is 5.32 Å². The zero-order chi connectivity index (χ0) is 7.66. The summed E-state index contributed by atoms with van der Waals surface area (Å²) in [5.74, 6) is 2.51. The van der Waals surface area contributed by atoms with E-state index in [1.165, 1.54) is 35.4 Å². The lowest BCUT2D eigenvalue weighted by molar-refractivity contribution is 0.715. The Kier molecular flexibility index (Phi) is 11.1. The highest BCUT2D eigenvalue weighted by molar-refractivity contribution is 14.1. The normalized spacial score (nSPS) is 10.2. The minimum absolute atomic E-state index is 1.18. The second-order valence-electron chi connectivity index (χ2n) is 1.99. The molecule has 1 nitrogen and oxygen atoms in total. The zero-order valence-electron chi connectivity index (χ0n) is 6.53. The monoisotopic (exact) mass is 273 g/mol. The van der Waals surface area contributed by atoms with E-state index in [4.69, 9.17) is 0 Å². The van der Waals surface area contributed by atoms with Gasteiger partial charge in [-0.1, -0.05) is 29.5 Å². The summed E-state index contributed by atoms with van der Waals surface area (Å²) in [7, 11) is 0. The molecule has 0 spiro atoms. The summed E-state index contributed by atoms with van der Waals surface area (Å²) in [5, 5.41) is 3.40. The third-order valence-corrected chi connectivity index (χ3v) is 2.78. The number of alkyl halides is 1. The molecule has 0 saturated heterocycles. The molecule has 0 aromatic heterocycles. The summed E-state index contributed by atoms with van der Waals surface area (Å²) < 4.78 is 1.27. The standard InChI is InChI=1S/C7H16INS/c1-2-10-7-6-9-5-3-4-8/h9H,2-7H2,1H3. The lowest BCUT2D eigenvalue weighted by atomic mass is 10.5. The largest absolute Gasteiger partial charge is 0.316 e. The van der Waals surface area contributed by atoms with E-state index in [0.717, 1.165) is 0 Å². The van der Waals surface area contributed by atoms with Crippen LogP contribution in [0.2, 0.25) is 0 Å². The van der Waals surface area contributed by atoms with Gasteiger partial charge in [-0.2, -0.15) is 11.8 Å². The fraction of sp³-hybridized carbons (Fsp3) is 1.00. The van der Waals surface area contributed by atoms with Gasteiger partial charge in [0.2, 0.25) is 0 Å². The first kappa shape index (κ1) is 11.0. The zero-order valence-corrected chi connectivity index (χ0v) is 9.50. The predicted octanol–water partition coefficient (Wildman–Crippen LogP) is 2.15. The highest BCUT2D eigenvalue weighted by Gasteiger charge is 1.85. The molecule has 0 unspecified atom stereocenters. The average molecular weight is 273 g/mol. The van der Waals surface area contributed by atoms with Crippen molar-refractivity contribution in [3.63, 3.8) is 0 Å². The van der Waals surface area contributed by atoms with Crippen LogP contribution in [-0.4, -0.2) is 29.0 Å². The Hall–Kier alpha value is 1.04. The molecule has 0 atom stereocenters. The smallest absolute Gasteiger partial charge is 0.00579 e. The molecule has 0 aliphatic carbocycles. The van der Waals surface area contributed by atoms with Crippen molar-refractivity contribution < 1.29 is 0 Å². The van der Waals surface area contributed by atoms with Crippen LogP contribution >= 0.6 is 34.4 Å². The molecule has 10 heavy (non-hydrogen) atoms. The van der Waals surface area contributed by atoms with Gasteiger partial charge in [-0.25, -0.2) is 0 Å². The predicted molar refractivity (Wildman–Crippen MR) is 59.4 cm³/mol. The minimum atomic E-state index is 1.18. The first-order chi connectivity index (χ1) is 4.91. The van der Waals surface area contributed by atoms with E-state index in [0.29, 0.717) is 0 Å². The molecule has 0 aliphatic rings. The second kappa shape index (κ2) is 10.0. The highest BCUT2D eigenvalue weighted by Crippen LogP contribution is 1.95. The van der Waals surface area contributed by atoms with Gasteiger partial charge in [0.1, 0.15) is 0 Å². The number of halogens is 1. The molecule has 0 saturated carbocycles. The van der Waals surface area contributed by atoms with Gasteiger partial charge in [-0.3, -0.25) is 0 Å². The third kappa shape index (κ3) is 9.04. The summed E-state index contributed by atoms with van der Waals surface area (Å²) in [6.07, 6.45) is 1.30. The van der Waals surface area contributed by atoms with E-state index in [9.17, 15) is 0 Å². The SMILES string of the molecule is CCSCCNCCCI. The van der Waals surface area contributed by atoms with E-state index < -0.39 is 0 Å². The number of hydrogen-bond acceptors (Lipinski definition) is 2. The first-order valence-corrected chi connectivity index (χ1v) is 6.44. The van der Waals surface area contributed by atoms with Crippen LogP contribution in [0.15, 0.2) is 0 Å². The van der Waals surface area contributed by atoms with Crippen LogP contribution < -0.4 is 5.32 Å². The molecule has 0 bridgehead atoms. The van der Waals surface area contributed by atoms with Gasteiger partial charge in [-0.15, -0.1) is 0 Å². The Balaban J connectivity index is 2.65. The molecule has 0 rings (SSSR count). The van der Waals surface area contributed by atoms with Crippen LogP contribution in [0.3, 0.4) is 0 Å². The minimum Gasteiger partial charge on any atom is -0.316 e. The number of rotatable bonds is 7. The molecular formula is C7H16INS. The van der Waals surface area contributed by atoms with E-state index in [2.05, 4.69) is 34.8 Å². The average Bonchev–Trinajstić information content (AvgIpc) is 1.97. The lowest BCUT2D eigenvalue weighted by Gasteiger charge is -2.00. The second-order valence-corrected chi connectivity index (χ2v) is 4.46. The van der Waals surface area contributed by atoms with Crippen LogP contribution in [0, 0.1) is 0 Å². The van der Waals surface area contributed by atoms with Crippen LogP contribution in [0.4, 0.5) is 0 Å². The van der Waals surface area contributed by atoms with Gasteiger partial charge in [0.15, 0.2) is 0 Å². The third-order valence-electron chi connectivity index (χ3n) is 1.11. The highest BCUT2D eigenvalue weighted by atomic mass is 127. The maximum absolute atomic E-state index is 3.40. The fourth-order valence-corrected chi connectivity index (χ4v) is 1.56. The number of nitrogens with one attached hydrogen (secondary N) is 1. The molecular weight excluding hydrogens is 257 g/mol. The molecule has 0 aromatic rings. The van der Waals surface area contributed by atoms with Crippen LogP contribution in [0.5, 0.6) is 0 Å². The lowest BCUT2D eigenvalue weighted by Crippen LogP contribution is -2.18. The molecule has 0 heterocycles. The Morgan fingerprint density at radius 3 is 2.80 bits per heavy atom. The van der Waals surface area contributed by atoms with Crippen LogP contribution in [-0.2, 0) is 0 Å². The number of thioether (sulfide) groups is 1. The fourth-order valence-electron chi connectivity index (χ4n) is 0.605. The molecule has 0 aromatic carbocycles. The Morgan fingerprint density at radius 1 is 1.40 bits per heavy atom. The molecule has 0 fully saturated rings. The van der Waals surface area contributed by atoms with E-state index in [1.807, 2.05) is 11.8 Å². The summed E-state index contributed by atoms with van der Waals surface area (Å²) in [6, 6.07) is 0. The maximum Gasteiger partial charge on any atom is 0.00579 e.